The first-order valence-electron chi connectivity index (χ1n) is 4.37. The third-order valence-corrected chi connectivity index (χ3v) is 1.71. The molecule has 2 nitrogen and oxygen atoms in total. The van der Waals surface area contributed by atoms with Gasteiger partial charge in [-0.2, -0.15) is 0 Å². The van der Waals surface area contributed by atoms with Gasteiger partial charge in [0.15, 0.2) is 0 Å². The molecule has 0 rings (SSSR count). The smallest absolute Gasteiger partial charge is 0.293 e. The monoisotopic (exact) mass is 170 g/mol. The van der Waals surface area contributed by atoms with Crippen molar-refractivity contribution >= 4 is 6.47 Å². The van der Waals surface area contributed by atoms with Gasteiger partial charge in [-0.15, -0.1) is 0 Å². The van der Waals surface area contributed by atoms with E-state index in [-0.39, 0.29) is 0 Å². The summed E-state index contributed by atoms with van der Waals surface area (Å²) in [5, 5.41) is 0. The maximum absolute atomic E-state index is 9.80. The number of ether oxygens (including phenoxy) is 1. The van der Waals surface area contributed by atoms with Crippen LogP contribution in [0.1, 0.15) is 33.6 Å². The van der Waals surface area contributed by atoms with E-state index < -0.39 is 0 Å². The second kappa shape index (κ2) is 6.89. The first-order valence-corrected chi connectivity index (χ1v) is 4.37. The van der Waals surface area contributed by atoms with Crippen molar-refractivity contribution in [2.75, 3.05) is 6.61 Å². The Labute approximate surface area is 74.6 Å². The van der Waals surface area contributed by atoms with Crippen LogP contribution in [0.15, 0.2) is 11.6 Å². The minimum absolute atomic E-state index is 0.410. The zero-order valence-electron chi connectivity index (χ0n) is 8.17. The molecule has 2 heteroatoms. The van der Waals surface area contributed by atoms with Crippen molar-refractivity contribution in [1.29, 1.82) is 0 Å². The van der Waals surface area contributed by atoms with Crippen molar-refractivity contribution in [2.45, 2.75) is 33.6 Å². The molecule has 0 atom stereocenters. The Morgan fingerprint density at radius 1 is 1.50 bits per heavy atom. The van der Waals surface area contributed by atoms with Crippen molar-refractivity contribution in [3.05, 3.63) is 11.6 Å². The Bertz CT molecular complexity index is 148. The number of rotatable bonds is 6. The predicted octanol–water partition coefficient (Wildman–Crippen LogP) is 2.54. The van der Waals surface area contributed by atoms with Crippen molar-refractivity contribution in [1.82, 2.24) is 0 Å². The van der Waals surface area contributed by atoms with Gasteiger partial charge in [-0.25, -0.2) is 0 Å². The lowest BCUT2D eigenvalue weighted by Gasteiger charge is -2.04. The van der Waals surface area contributed by atoms with E-state index in [0.29, 0.717) is 13.1 Å². The van der Waals surface area contributed by atoms with Crippen LogP contribution in [0.2, 0.25) is 0 Å². The van der Waals surface area contributed by atoms with Gasteiger partial charge < -0.3 is 4.74 Å². The van der Waals surface area contributed by atoms with Gasteiger partial charge in [0.25, 0.3) is 6.47 Å². The molecule has 0 fully saturated rings. The topological polar surface area (TPSA) is 26.3 Å². The molecule has 0 bridgehead atoms. The summed E-state index contributed by atoms with van der Waals surface area (Å²) in [5.74, 6) is 0.736. The van der Waals surface area contributed by atoms with E-state index in [1.165, 1.54) is 12.0 Å². The normalized spacial score (nSPS) is 11.8. The molecule has 0 saturated heterocycles. The first-order chi connectivity index (χ1) is 5.66. The highest BCUT2D eigenvalue weighted by Crippen LogP contribution is 2.10. The lowest BCUT2D eigenvalue weighted by Crippen LogP contribution is -1.91. The van der Waals surface area contributed by atoms with Crippen LogP contribution in [-0.2, 0) is 9.53 Å². The predicted molar refractivity (Wildman–Crippen MR) is 49.8 cm³/mol. The van der Waals surface area contributed by atoms with Crippen LogP contribution in [0.3, 0.4) is 0 Å². The molecular formula is C10H18O2. The molecule has 0 heterocycles. The Morgan fingerprint density at radius 3 is 2.67 bits per heavy atom. The first kappa shape index (κ1) is 11.2. The lowest BCUT2D eigenvalue weighted by atomic mass is 10.0. The Kier molecular flexibility index (Phi) is 6.44. The molecule has 0 saturated carbocycles. The molecule has 70 valence electrons. The summed E-state index contributed by atoms with van der Waals surface area (Å²) in [5.41, 5.74) is 1.30. The summed E-state index contributed by atoms with van der Waals surface area (Å²) >= 11 is 0. The van der Waals surface area contributed by atoms with E-state index in [1.807, 2.05) is 6.08 Å². The van der Waals surface area contributed by atoms with Crippen LogP contribution in [0.25, 0.3) is 0 Å². The minimum atomic E-state index is 0.410. The van der Waals surface area contributed by atoms with Crippen LogP contribution in [0.4, 0.5) is 0 Å². The number of hydrogen-bond donors (Lipinski definition) is 0. The number of carbonyl (C=O) groups excluding carboxylic acids is 1. The molecule has 0 aliphatic carbocycles. The second-order valence-corrected chi connectivity index (χ2v) is 3.41. The molecule has 12 heavy (non-hydrogen) atoms. The molecule has 0 unspecified atom stereocenters. The van der Waals surface area contributed by atoms with Gasteiger partial charge in [-0.05, 0) is 31.8 Å². The van der Waals surface area contributed by atoms with Crippen molar-refractivity contribution in [2.24, 2.45) is 5.92 Å². The Morgan fingerprint density at radius 2 is 2.17 bits per heavy atom. The zero-order valence-corrected chi connectivity index (χ0v) is 8.17. The summed E-state index contributed by atoms with van der Waals surface area (Å²) in [6, 6.07) is 0. The molecule has 0 radical (unpaired) electrons. The van der Waals surface area contributed by atoms with Gasteiger partial charge in [0.1, 0.15) is 6.61 Å². The van der Waals surface area contributed by atoms with Gasteiger partial charge in [-0.1, -0.05) is 19.4 Å². The van der Waals surface area contributed by atoms with Crippen LogP contribution < -0.4 is 0 Å². The molecule has 0 aromatic carbocycles. The highest BCUT2D eigenvalue weighted by molar-refractivity contribution is 5.37. The Balaban J connectivity index is 3.48. The van der Waals surface area contributed by atoms with Gasteiger partial charge in [0, 0.05) is 0 Å². The summed E-state index contributed by atoms with van der Waals surface area (Å²) in [4.78, 5) is 9.80. The second-order valence-electron chi connectivity index (χ2n) is 3.41. The van der Waals surface area contributed by atoms with Crippen molar-refractivity contribution in [3.8, 4) is 0 Å². The van der Waals surface area contributed by atoms with E-state index in [9.17, 15) is 4.79 Å². The standard InChI is InChI=1S/C10H18O2/c1-9(2)4-5-10(3)6-7-12-8-11/h6,8-9H,4-5,7H2,1-3H3/b10-6-. The summed E-state index contributed by atoms with van der Waals surface area (Å²) in [6.45, 7) is 7.36. The lowest BCUT2D eigenvalue weighted by molar-refractivity contribution is -0.127. The minimum Gasteiger partial charge on any atom is -0.464 e. The van der Waals surface area contributed by atoms with Crippen LogP contribution in [0.5, 0.6) is 0 Å². The number of hydrogen-bond acceptors (Lipinski definition) is 2. The highest BCUT2D eigenvalue weighted by Gasteiger charge is 1.94. The van der Waals surface area contributed by atoms with E-state index in [1.54, 1.807) is 0 Å². The quantitative estimate of drug-likeness (QED) is 0.348. The fraction of sp³-hybridized carbons (Fsp3) is 0.700. The molecule has 0 aromatic rings. The fourth-order valence-electron chi connectivity index (χ4n) is 0.848. The Hall–Kier alpha value is -0.790. The zero-order chi connectivity index (χ0) is 9.40. The van der Waals surface area contributed by atoms with Crippen molar-refractivity contribution < 1.29 is 9.53 Å². The van der Waals surface area contributed by atoms with Gasteiger partial charge in [0.05, 0.1) is 0 Å². The SMILES string of the molecule is C/C(=C/COC=O)CCC(C)C. The average molecular weight is 170 g/mol. The average Bonchev–Trinajstić information content (AvgIpc) is 2.01. The van der Waals surface area contributed by atoms with E-state index in [0.717, 1.165) is 12.3 Å². The molecular weight excluding hydrogens is 152 g/mol. The summed E-state index contributed by atoms with van der Waals surface area (Å²) in [7, 11) is 0. The van der Waals surface area contributed by atoms with E-state index >= 15 is 0 Å². The van der Waals surface area contributed by atoms with Crippen LogP contribution in [-0.4, -0.2) is 13.1 Å². The van der Waals surface area contributed by atoms with Gasteiger partial charge >= 0.3 is 0 Å². The van der Waals surface area contributed by atoms with Crippen LogP contribution >= 0.6 is 0 Å². The maximum atomic E-state index is 9.80. The molecule has 0 aliphatic heterocycles. The molecule has 0 spiro atoms. The maximum Gasteiger partial charge on any atom is 0.293 e. The van der Waals surface area contributed by atoms with E-state index in [2.05, 4.69) is 25.5 Å². The summed E-state index contributed by atoms with van der Waals surface area (Å²) < 4.78 is 4.55. The molecule has 0 aliphatic rings. The van der Waals surface area contributed by atoms with Gasteiger partial charge in [0.2, 0.25) is 0 Å². The van der Waals surface area contributed by atoms with Crippen LogP contribution in [0, 0.1) is 5.92 Å². The van der Waals surface area contributed by atoms with Gasteiger partial charge in [-0.3, -0.25) is 4.79 Å². The molecule has 0 aromatic heterocycles. The molecule has 0 amide bonds. The third kappa shape index (κ3) is 7.32. The largest absolute Gasteiger partial charge is 0.464 e. The van der Waals surface area contributed by atoms with E-state index in [4.69, 9.17) is 0 Å². The number of allylic oxidation sites excluding steroid dienone is 1. The number of carbonyl (C=O) groups is 1. The fourth-order valence-corrected chi connectivity index (χ4v) is 0.848. The highest BCUT2D eigenvalue weighted by atomic mass is 16.5. The summed E-state index contributed by atoms with van der Waals surface area (Å²) in [6.07, 6.45) is 4.25. The van der Waals surface area contributed by atoms with Crippen molar-refractivity contribution in [3.63, 3.8) is 0 Å². The third-order valence-electron chi connectivity index (χ3n) is 1.71. The molecule has 0 N–H and O–H groups in total.